The first-order valence-electron chi connectivity index (χ1n) is 10.3. The molecular formula is C25H23N3O4S. The predicted molar refractivity (Wildman–Crippen MR) is 125 cm³/mol. The second-order valence-corrected chi connectivity index (χ2v) is 9.91. The number of benzene rings is 3. The van der Waals surface area contributed by atoms with E-state index in [9.17, 15) is 13.2 Å². The molecule has 4 aromatic rings. The van der Waals surface area contributed by atoms with Gasteiger partial charge in [0.05, 0.1) is 10.9 Å². The lowest BCUT2D eigenvalue weighted by molar-refractivity contribution is 0.0940. The van der Waals surface area contributed by atoms with Gasteiger partial charge in [-0.3, -0.25) is 4.79 Å². The molecule has 0 radical (unpaired) electrons. The molecule has 4 rings (SSSR count). The van der Waals surface area contributed by atoms with E-state index in [0.717, 1.165) is 22.9 Å². The van der Waals surface area contributed by atoms with Gasteiger partial charge in [-0.2, -0.15) is 0 Å². The maximum Gasteiger partial charge on any atom is 0.251 e. The summed E-state index contributed by atoms with van der Waals surface area (Å²) < 4.78 is 29.0. The van der Waals surface area contributed by atoms with Crippen LogP contribution in [0.25, 0.3) is 22.9 Å². The number of nitrogens with zero attached hydrogens (tertiary/aromatic N) is 2. The first-order chi connectivity index (χ1) is 15.7. The SMILES string of the molecule is Cc1ccc(-c2nnc(-c3ccc(C(=O)NC(C)c4ccc(S(C)(=O)=O)cc4)cc3)o2)cc1. The van der Waals surface area contributed by atoms with Crippen LogP contribution in [0.3, 0.4) is 0 Å². The predicted octanol–water partition coefficient (Wildman–Crippen LogP) is 4.61. The molecule has 168 valence electrons. The summed E-state index contributed by atoms with van der Waals surface area (Å²) in [6.07, 6.45) is 1.16. The Labute approximate surface area is 192 Å². The number of rotatable bonds is 6. The van der Waals surface area contributed by atoms with Gasteiger partial charge in [0.15, 0.2) is 9.84 Å². The van der Waals surface area contributed by atoms with Crippen molar-refractivity contribution in [3.8, 4) is 22.9 Å². The van der Waals surface area contributed by atoms with E-state index in [2.05, 4.69) is 15.5 Å². The molecule has 0 bridgehead atoms. The summed E-state index contributed by atoms with van der Waals surface area (Å²) in [5.41, 5.74) is 3.99. The van der Waals surface area contributed by atoms with Crippen LogP contribution < -0.4 is 5.32 Å². The van der Waals surface area contributed by atoms with Crippen molar-refractivity contribution < 1.29 is 17.6 Å². The third kappa shape index (κ3) is 5.18. The van der Waals surface area contributed by atoms with Gasteiger partial charge < -0.3 is 9.73 Å². The Hall–Kier alpha value is -3.78. The van der Waals surface area contributed by atoms with Crippen molar-refractivity contribution in [3.05, 3.63) is 89.5 Å². The molecule has 33 heavy (non-hydrogen) atoms. The summed E-state index contributed by atoms with van der Waals surface area (Å²) in [7, 11) is -3.26. The first kappa shape index (κ1) is 22.4. The van der Waals surface area contributed by atoms with Gasteiger partial charge in [0, 0.05) is 22.9 Å². The molecular weight excluding hydrogens is 438 g/mol. The van der Waals surface area contributed by atoms with E-state index >= 15 is 0 Å². The molecule has 0 saturated carbocycles. The van der Waals surface area contributed by atoms with E-state index in [1.165, 1.54) is 12.1 Å². The summed E-state index contributed by atoms with van der Waals surface area (Å²) in [4.78, 5) is 12.9. The van der Waals surface area contributed by atoms with Crippen LogP contribution in [-0.2, 0) is 9.84 Å². The standard InChI is InChI=1S/C25H23N3O4S/c1-16-4-6-20(7-5-16)24-27-28-25(32-24)21-10-8-19(9-11-21)23(29)26-17(2)18-12-14-22(15-13-18)33(3,30)31/h4-15,17H,1-3H3,(H,26,29). The number of amides is 1. The summed E-state index contributed by atoms with van der Waals surface area (Å²) in [5.74, 6) is 0.562. The third-order valence-electron chi connectivity index (χ3n) is 5.27. The van der Waals surface area contributed by atoms with E-state index in [0.29, 0.717) is 22.9 Å². The minimum atomic E-state index is -3.26. The van der Waals surface area contributed by atoms with E-state index in [4.69, 9.17) is 4.42 Å². The van der Waals surface area contributed by atoms with E-state index in [1.54, 1.807) is 36.4 Å². The van der Waals surface area contributed by atoms with Crippen molar-refractivity contribution in [2.75, 3.05) is 6.26 Å². The quantitative estimate of drug-likeness (QED) is 0.450. The van der Waals surface area contributed by atoms with Crippen molar-refractivity contribution in [2.24, 2.45) is 0 Å². The summed E-state index contributed by atoms with van der Waals surface area (Å²) >= 11 is 0. The monoisotopic (exact) mass is 461 g/mol. The molecule has 0 saturated heterocycles. The lowest BCUT2D eigenvalue weighted by Gasteiger charge is -2.15. The van der Waals surface area contributed by atoms with Crippen molar-refractivity contribution in [3.63, 3.8) is 0 Å². The van der Waals surface area contributed by atoms with Gasteiger partial charge in [0.25, 0.3) is 5.91 Å². The van der Waals surface area contributed by atoms with Crippen LogP contribution in [0, 0.1) is 6.92 Å². The molecule has 0 aliphatic carbocycles. The molecule has 0 fully saturated rings. The van der Waals surface area contributed by atoms with Crippen molar-refractivity contribution >= 4 is 15.7 Å². The second kappa shape index (κ2) is 8.99. The van der Waals surface area contributed by atoms with Crippen LogP contribution in [0.15, 0.2) is 82.1 Å². The molecule has 1 aromatic heterocycles. The Balaban J connectivity index is 1.43. The molecule has 3 aromatic carbocycles. The smallest absolute Gasteiger partial charge is 0.251 e. The summed E-state index contributed by atoms with van der Waals surface area (Å²) in [6, 6.07) is 20.9. The van der Waals surface area contributed by atoms with Crippen molar-refractivity contribution in [1.82, 2.24) is 15.5 Å². The molecule has 0 spiro atoms. The molecule has 1 atom stereocenters. The second-order valence-electron chi connectivity index (χ2n) is 7.89. The number of hydrogen-bond acceptors (Lipinski definition) is 6. The number of sulfone groups is 1. The third-order valence-corrected chi connectivity index (χ3v) is 6.40. The number of carbonyl (C=O) groups is 1. The lowest BCUT2D eigenvalue weighted by Crippen LogP contribution is -2.26. The molecule has 0 aliphatic heterocycles. The van der Waals surface area contributed by atoms with Crippen LogP contribution in [0.4, 0.5) is 0 Å². The number of nitrogens with one attached hydrogen (secondary N) is 1. The fraction of sp³-hybridized carbons (Fsp3) is 0.160. The highest BCUT2D eigenvalue weighted by atomic mass is 32.2. The van der Waals surface area contributed by atoms with E-state index < -0.39 is 9.84 Å². The molecule has 7 nitrogen and oxygen atoms in total. The largest absolute Gasteiger partial charge is 0.416 e. The molecule has 1 amide bonds. The van der Waals surface area contributed by atoms with Crippen molar-refractivity contribution in [2.45, 2.75) is 24.8 Å². The van der Waals surface area contributed by atoms with E-state index in [-0.39, 0.29) is 16.8 Å². The van der Waals surface area contributed by atoms with Crippen LogP contribution in [0.1, 0.15) is 34.5 Å². The number of aryl methyl sites for hydroxylation is 1. The Morgan fingerprint density at radius 2 is 1.36 bits per heavy atom. The minimum Gasteiger partial charge on any atom is -0.416 e. The maximum atomic E-state index is 12.7. The first-order valence-corrected chi connectivity index (χ1v) is 12.2. The summed E-state index contributed by atoms with van der Waals surface area (Å²) in [5, 5.41) is 11.1. The van der Waals surface area contributed by atoms with Gasteiger partial charge >= 0.3 is 0 Å². The highest BCUT2D eigenvalue weighted by Crippen LogP contribution is 2.24. The Morgan fingerprint density at radius 3 is 1.88 bits per heavy atom. The molecule has 1 N–H and O–H groups in total. The lowest BCUT2D eigenvalue weighted by atomic mass is 10.1. The van der Waals surface area contributed by atoms with Crippen LogP contribution in [0.5, 0.6) is 0 Å². The fourth-order valence-electron chi connectivity index (χ4n) is 3.28. The average molecular weight is 462 g/mol. The molecule has 8 heteroatoms. The van der Waals surface area contributed by atoms with Crippen molar-refractivity contribution in [1.29, 1.82) is 0 Å². The minimum absolute atomic E-state index is 0.243. The van der Waals surface area contributed by atoms with E-state index in [1.807, 2.05) is 38.1 Å². The number of aromatic nitrogens is 2. The topological polar surface area (TPSA) is 102 Å². The highest BCUT2D eigenvalue weighted by Gasteiger charge is 2.15. The normalized spacial score (nSPS) is 12.3. The maximum absolute atomic E-state index is 12.7. The van der Waals surface area contributed by atoms with Gasteiger partial charge in [-0.15, -0.1) is 10.2 Å². The molecule has 1 heterocycles. The van der Waals surface area contributed by atoms with Crippen LogP contribution in [0.2, 0.25) is 0 Å². The average Bonchev–Trinajstić information content (AvgIpc) is 3.29. The molecule has 1 unspecified atom stereocenters. The zero-order valence-corrected chi connectivity index (χ0v) is 19.3. The Bertz CT molecular complexity index is 1380. The van der Waals surface area contributed by atoms with Crippen LogP contribution in [-0.4, -0.2) is 30.8 Å². The Kier molecular flexibility index (Phi) is 6.11. The Morgan fingerprint density at radius 1 is 0.848 bits per heavy atom. The number of carbonyl (C=O) groups excluding carboxylic acids is 1. The van der Waals surface area contributed by atoms with Gasteiger partial charge in [0.1, 0.15) is 0 Å². The summed E-state index contributed by atoms with van der Waals surface area (Å²) in [6.45, 7) is 3.85. The highest BCUT2D eigenvalue weighted by molar-refractivity contribution is 7.90. The molecule has 0 aliphatic rings. The van der Waals surface area contributed by atoms with Crippen LogP contribution >= 0.6 is 0 Å². The zero-order valence-electron chi connectivity index (χ0n) is 18.4. The van der Waals surface area contributed by atoms with Gasteiger partial charge in [0.2, 0.25) is 11.8 Å². The van der Waals surface area contributed by atoms with Gasteiger partial charge in [-0.25, -0.2) is 8.42 Å². The van der Waals surface area contributed by atoms with Gasteiger partial charge in [-0.1, -0.05) is 29.8 Å². The number of hydrogen-bond donors (Lipinski definition) is 1. The fourth-order valence-corrected chi connectivity index (χ4v) is 3.91. The van der Waals surface area contributed by atoms with Gasteiger partial charge in [-0.05, 0) is 67.9 Å². The zero-order chi connectivity index (χ0) is 23.6.